The van der Waals surface area contributed by atoms with Crippen molar-refractivity contribution < 1.29 is 19.2 Å². The number of amides is 2. The van der Waals surface area contributed by atoms with Crippen LogP contribution in [-0.4, -0.2) is 41.8 Å². The number of nitrogens with zero attached hydrogens (tertiary/aromatic N) is 5. The molecular weight excluding hydrogens is 370 g/mol. The minimum absolute atomic E-state index is 0.0465. The SMILES string of the molecule is O=C(ON1C(=O)c2ccccc2C1=O)c1cn(-c2nc(C3CC3)ns2)cn1. The molecule has 3 aromatic rings. The first-order chi connectivity index (χ1) is 13.1. The second-order valence-electron chi connectivity index (χ2n) is 6.20. The van der Waals surface area contributed by atoms with E-state index < -0.39 is 17.8 Å². The molecule has 2 aliphatic rings. The van der Waals surface area contributed by atoms with Crippen LogP contribution in [0.3, 0.4) is 0 Å². The molecule has 3 heterocycles. The van der Waals surface area contributed by atoms with Crippen LogP contribution in [0.5, 0.6) is 0 Å². The molecule has 1 aliphatic carbocycles. The highest BCUT2D eigenvalue weighted by atomic mass is 32.1. The summed E-state index contributed by atoms with van der Waals surface area (Å²) in [6.07, 6.45) is 5.03. The van der Waals surface area contributed by atoms with Gasteiger partial charge in [-0.2, -0.15) is 4.37 Å². The molecule has 134 valence electrons. The van der Waals surface area contributed by atoms with Gasteiger partial charge in [0.2, 0.25) is 5.13 Å². The summed E-state index contributed by atoms with van der Waals surface area (Å²) in [5.41, 5.74) is 0.347. The largest absolute Gasteiger partial charge is 0.383 e. The number of aromatic nitrogens is 4. The molecule has 10 heteroatoms. The third-order valence-corrected chi connectivity index (χ3v) is 5.06. The van der Waals surface area contributed by atoms with Crippen LogP contribution in [0, 0.1) is 0 Å². The zero-order valence-corrected chi connectivity index (χ0v) is 14.5. The summed E-state index contributed by atoms with van der Waals surface area (Å²) in [6, 6.07) is 6.28. The van der Waals surface area contributed by atoms with Crippen molar-refractivity contribution in [3.8, 4) is 5.13 Å². The normalized spacial score (nSPS) is 15.9. The summed E-state index contributed by atoms with van der Waals surface area (Å²) in [5, 5.41) is 1.05. The lowest BCUT2D eigenvalue weighted by Gasteiger charge is -2.11. The Balaban J connectivity index is 1.34. The number of rotatable bonds is 4. The third kappa shape index (κ3) is 2.61. The number of imide groups is 1. The molecule has 1 saturated carbocycles. The maximum Gasteiger partial charge on any atom is 0.383 e. The van der Waals surface area contributed by atoms with Crippen molar-refractivity contribution in [1.29, 1.82) is 0 Å². The van der Waals surface area contributed by atoms with Crippen LogP contribution in [-0.2, 0) is 4.84 Å². The molecule has 1 fully saturated rings. The van der Waals surface area contributed by atoms with Crippen LogP contribution in [0.15, 0.2) is 36.8 Å². The number of hydrogen-bond acceptors (Lipinski definition) is 8. The van der Waals surface area contributed by atoms with Crippen LogP contribution in [0.1, 0.15) is 55.8 Å². The highest BCUT2D eigenvalue weighted by molar-refractivity contribution is 7.08. The lowest BCUT2D eigenvalue weighted by molar-refractivity contribution is -0.0588. The van der Waals surface area contributed by atoms with E-state index in [2.05, 4.69) is 14.3 Å². The number of carbonyl (C=O) groups excluding carboxylic acids is 3. The lowest BCUT2D eigenvalue weighted by atomic mass is 10.1. The summed E-state index contributed by atoms with van der Waals surface area (Å²) in [7, 11) is 0. The number of hydroxylamine groups is 2. The Morgan fingerprint density at radius 1 is 1.15 bits per heavy atom. The lowest BCUT2D eigenvalue weighted by Crippen LogP contribution is -2.32. The van der Waals surface area contributed by atoms with Crippen molar-refractivity contribution in [3.05, 3.63) is 59.4 Å². The molecule has 0 unspecified atom stereocenters. The number of fused-ring (bicyclic) bond motifs is 1. The summed E-state index contributed by atoms with van der Waals surface area (Å²) in [5.74, 6) is -1.03. The quantitative estimate of drug-likeness (QED) is 0.636. The fourth-order valence-corrected chi connectivity index (χ4v) is 3.44. The first-order valence-electron chi connectivity index (χ1n) is 8.20. The van der Waals surface area contributed by atoms with E-state index in [0.29, 0.717) is 16.1 Å². The van der Waals surface area contributed by atoms with Gasteiger partial charge in [0.25, 0.3) is 11.8 Å². The van der Waals surface area contributed by atoms with Gasteiger partial charge in [-0.25, -0.2) is 14.8 Å². The molecular formula is C17H11N5O4S. The van der Waals surface area contributed by atoms with Crippen LogP contribution >= 0.6 is 11.5 Å². The molecule has 1 aliphatic heterocycles. The van der Waals surface area contributed by atoms with Gasteiger partial charge in [-0.1, -0.05) is 17.2 Å². The highest BCUT2D eigenvalue weighted by Crippen LogP contribution is 2.39. The fraction of sp³-hybridized carbons (Fsp3) is 0.176. The first kappa shape index (κ1) is 15.8. The Bertz CT molecular complexity index is 1070. The van der Waals surface area contributed by atoms with Gasteiger partial charge in [-0.05, 0) is 25.0 Å². The molecule has 0 atom stereocenters. The van der Waals surface area contributed by atoms with Crippen molar-refractivity contribution in [1.82, 2.24) is 24.0 Å². The van der Waals surface area contributed by atoms with Crippen LogP contribution in [0.25, 0.3) is 5.13 Å². The Labute approximate surface area is 156 Å². The fourth-order valence-electron chi connectivity index (χ4n) is 2.75. The zero-order valence-electron chi connectivity index (χ0n) is 13.7. The molecule has 0 N–H and O–H groups in total. The molecule has 0 saturated heterocycles. The van der Waals surface area contributed by atoms with Gasteiger partial charge >= 0.3 is 5.97 Å². The monoisotopic (exact) mass is 381 g/mol. The van der Waals surface area contributed by atoms with Crippen LogP contribution in [0.4, 0.5) is 0 Å². The van der Waals surface area contributed by atoms with E-state index >= 15 is 0 Å². The Morgan fingerprint density at radius 2 is 1.85 bits per heavy atom. The van der Waals surface area contributed by atoms with E-state index in [9.17, 15) is 14.4 Å². The van der Waals surface area contributed by atoms with Gasteiger partial charge in [0.1, 0.15) is 12.2 Å². The number of carbonyl (C=O) groups is 3. The average molecular weight is 381 g/mol. The second kappa shape index (κ2) is 5.81. The first-order valence-corrected chi connectivity index (χ1v) is 8.97. The van der Waals surface area contributed by atoms with E-state index in [1.807, 2.05) is 0 Å². The van der Waals surface area contributed by atoms with Gasteiger partial charge in [0.15, 0.2) is 5.69 Å². The molecule has 0 spiro atoms. The van der Waals surface area contributed by atoms with Gasteiger partial charge in [0.05, 0.1) is 11.1 Å². The summed E-state index contributed by atoms with van der Waals surface area (Å²) >= 11 is 1.21. The molecule has 0 bridgehead atoms. The Kier molecular flexibility index (Phi) is 3.41. The maximum atomic E-state index is 12.3. The van der Waals surface area contributed by atoms with Crippen molar-refractivity contribution in [2.24, 2.45) is 0 Å². The maximum absolute atomic E-state index is 12.3. The predicted octanol–water partition coefficient (Wildman–Crippen LogP) is 1.97. The minimum Gasteiger partial charge on any atom is -0.322 e. The van der Waals surface area contributed by atoms with E-state index in [4.69, 9.17) is 4.84 Å². The van der Waals surface area contributed by atoms with Crippen molar-refractivity contribution in [2.75, 3.05) is 0 Å². The van der Waals surface area contributed by atoms with Crippen molar-refractivity contribution in [3.63, 3.8) is 0 Å². The van der Waals surface area contributed by atoms with Crippen molar-refractivity contribution >= 4 is 29.3 Å². The van der Waals surface area contributed by atoms with Gasteiger partial charge in [-0.15, -0.1) is 0 Å². The molecule has 9 nitrogen and oxygen atoms in total. The van der Waals surface area contributed by atoms with E-state index in [-0.39, 0.29) is 16.8 Å². The summed E-state index contributed by atoms with van der Waals surface area (Å²) in [4.78, 5) is 50.3. The highest BCUT2D eigenvalue weighted by Gasteiger charge is 2.39. The van der Waals surface area contributed by atoms with Crippen LogP contribution < -0.4 is 0 Å². The Morgan fingerprint density at radius 3 is 2.52 bits per heavy atom. The second-order valence-corrected chi connectivity index (χ2v) is 6.93. The molecule has 5 rings (SSSR count). The number of hydrogen-bond donors (Lipinski definition) is 0. The van der Waals surface area contributed by atoms with Crippen molar-refractivity contribution in [2.45, 2.75) is 18.8 Å². The molecule has 27 heavy (non-hydrogen) atoms. The zero-order chi connectivity index (χ0) is 18.5. The van der Waals surface area contributed by atoms with E-state index in [1.165, 1.54) is 36.2 Å². The standard InChI is InChI=1S/C17H11N5O4S/c23-14-10-3-1-2-4-11(10)15(24)22(14)26-16(25)12-7-21(8-18-12)17-19-13(20-27-17)9-5-6-9/h1-4,7-9H,5-6H2. The van der Waals surface area contributed by atoms with E-state index in [1.54, 1.807) is 16.7 Å². The molecule has 1 aromatic carbocycles. The predicted molar refractivity (Wildman–Crippen MR) is 91.4 cm³/mol. The number of benzene rings is 1. The Hall–Kier alpha value is -3.40. The summed E-state index contributed by atoms with van der Waals surface area (Å²) in [6.45, 7) is 0. The third-order valence-electron chi connectivity index (χ3n) is 4.32. The smallest absolute Gasteiger partial charge is 0.322 e. The van der Waals surface area contributed by atoms with E-state index in [0.717, 1.165) is 18.7 Å². The molecule has 0 radical (unpaired) electrons. The summed E-state index contributed by atoms with van der Waals surface area (Å²) < 4.78 is 5.86. The molecule has 2 amide bonds. The number of imidazole rings is 1. The van der Waals surface area contributed by atoms with Gasteiger partial charge < -0.3 is 4.84 Å². The topological polar surface area (TPSA) is 107 Å². The average Bonchev–Trinajstić information content (AvgIpc) is 3.13. The molecule has 2 aromatic heterocycles. The van der Waals surface area contributed by atoms with Gasteiger partial charge in [-0.3, -0.25) is 14.2 Å². The van der Waals surface area contributed by atoms with Crippen LogP contribution in [0.2, 0.25) is 0 Å². The minimum atomic E-state index is -0.907. The van der Waals surface area contributed by atoms with Gasteiger partial charge in [0, 0.05) is 23.6 Å².